The van der Waals surface area contributed by atoms with Gasteiger partial charge in [0.15, 0.2) is 0 Å². The summed E-state index contributed by atoms with van der Waals surface area (Å²) in [6.45, 7) is 2.20. The lowest BCUT2D eigenvalue weighted by atomic mass is 10.1. The van der Waals surface area contributed by atoms with Crippen LogP contribution in [-0.2, 0) is 4.74 Å². The van der Waals surface area contributed by atoms with E-state index in [0.717, 1.165) is 25.9 Å². The molecule has 0 radical (unpaired) electrons. The van der Waals surface area contributed by atoms with Crippen LogP contribution < -0.4 is 10.1 Å². The van der Waals surface area contributed by atoms with Crippen LogP contribution in [0.2, 0.25) is 0 Å². The number of piperidine rings is 1. The van der Waals surface area contributed by atoms with Gasteiger partial charge in [0.1, 0.15) is 12.4 Å². The summed E-state index contributed by atoms with van der Waals surface area (Å²) >= 11 is 0. The van der Waals surface area contributed by atoms with Gasteiger partial charge in [-0.15, -0.1) is 0 Å². The average molecular weight is 308 g/mol. The molecule has 1 atom stereocenters. The Bertz CT molecular complexity index is 518. The lowest BCUT2D eigenvalue weighted by Gasteiger charge is -2.33. The van der Waals surface area contributed by atoms with Crippen molar-refractivity contribution in [1.82, 2.24) is 10.2 Å². The predicted octanol–water partition coefficient (Wildman–Crippen LogP) is 1.59. The normalized spacial score (nSPS) is 23.3. The number of rotatable bonds is 4. The minimum Gasteiger partial charge on any atom is -0.462 e. The van der Waals surface area contributed by atoms with Gasteiger partial charge in [-0.2, -0.15) is 0 Å². The van der Waals surface area contributed by atoms with E-state index in [9.17, 15) is 9.18 Å². The number of hydrogen-bond acceptors (Lipinski definition) is 4. The van der Waals surface area contributed by atoms with Gasteiger partial charge in [-0.1, -0.05) is 12.1 Å². The number of nitrogens with zero attached hydrogens (tertiary/aromatic N) is 1. The van der Waals surface area contributed by atoms with Gasteiger partial charge in [0.2, 0.25) is 6.29 Å². The monoisotopic (exact) mass is 308 g/mol. The first kappa shape index (κ1) is 15.2. The number of amides is 1. The number of ether oxygens (including phenoxy) is 2. The third-order valence-electron chi connectivity index (χ3n) is 4.10. The van der Waals surface area contributed by atoms with E-state index in [1.54, 1.807) is 12.1 Å². The number of alkyl halides is 1. The second kappa shape index (κ2) is 7.07. The van der Waals surface area contributed by atoms with Crippen molar-refractivity contribution in [1.29, 1.82) is 0 Å². The van der Waals surface area contributed by atoms with Crippen molar-refractivity contribution in [3.8, 4) is 5.75 Å². The maximum atomic E-state index is 12.3. The molecule has 0 aliphatic carbocycles. The number of benzene rings is 1. The zero-order valence-corrected chi connectivity index (χ0v) is 12.5. The molecule has 22 heavy (non-hydrogen) atoms. The molecule has 1 saturated heterocycles. The third kappa shape index (κ3) is 3.56. The van der Waals surface area contributed by atoms with E-state index in [-0.39, 0.29) is 18.7 Å². The van der Waals surface area contributed by atoms with E-state index < -0.39 is 6.29 Å². The first-order valence-electron chi connectivity index (χ1n) is 7.74. The Balaban J connectivity index is 1.57. The average Bonchev–Trinajstić information content (AvgIpc) is 2.69. The van der Waals surface area contributed by atoms with Gasteiger partial charge >= 0.3 is 0 Å². The fourth-order valence-electron chi connectivity index (χ4n) is 2.89. The van der Waals surface area contributed by atoms with Gasteiger partial charge in [-0.3, -0.25) is 4.79 Å². The molecule has 1 aromatic carbocycles. The summed E-state index contributed by atoms with van der Waals surface area (Å²) in [6, 6.07) is 7.16. The molecule has 0 bridgehead atoms. The number of carbonyl (C=O) groups is 1. The summed E-state index contributed by atoms with van der Waals surface area (Å²) in [5.41, 5.74) is 0.534. The van der Waals surface area contributed by atoms with Crippen molar-refractivity contribution in [2.45, 2.75) is 25.2 Å². The fourth-order valence-corrected chi connectivity index (χ4v) is 2.89. The SMILES string of the molecule is O=C1NCC(OC2CCN(CCF)CC2)Oc2ccccc21. The van der Waals surface area contributed by atoms with Crippen molar-refractivity contribution in [2.24, 2.45) is 0 Å². The number of hydrogen-bond donors (Lipinski definition) is 1. The zero-order chi connectivity index (χ0) is 15.4. The van der Waals surface area contributed by atoms with E-state index in [1.807, 2.05) is 12.1 Å². The molecule has 0 spiro atoms. The topological polar surface area (TPSA) is 50.8 Å². The Morgan fingerprint density at radius 2 is 2.09 bits per heavy atom. The van der Waals surface area contributed by atoms with Crippen LogP contribution in [0.3, 0.4) is 0 Å². The van der Waals surface area contributed by atoms with Crippen LogP contribution in [0, 0.1) is 0 Å². The predicted molar refractivity (Wildman–Crippen MR) is 79.7 cm³/mol. The summed E-state index contributed by atoms with van der Waals surface area (Å²) in [7, 11) is 0. The highest BCUT2D eigenvalue weighted by Gasteiger charge is 2.27. The lowest BCUT2D eigenvalue weighted by molar-refractivity contribution is -0.128. The molecule has 2 heterocycles. The molecule has 1 amide bonds. The smallest absolute Gasteiger partial charge is 0.255 e. The quantitative estimate of drug-likeness (QED) is 0.918. The lowest BCUT2D eigenvalue weighted by Crippen LogP contribution is -2.42. The van der Waals surface area contributed by atoms with Gasteiger partial charge in [0, 0.05) is 19.6 Å². The molecule has 0 aromatic heterocycles. The van der Waals surface area contributed by atoms with E-state index in [1.165, 1.54) is 0 Å². The minimum absolute atomic E-state index is 0.0861. The Kier molecular flexibility index (Phi) is 4.90. The first-order valence-corrected chi connectivity index (χ1v) is 7.74. The molecule has 120 valence electrons. The molecule has 2 aliphatic heterocycles. The number of para-hydroxylation sites is 1. The number of fused-ring (bicyclic) bond motifs is 1. The van der Waals surface area contributed by atoms with Gasteiger partial charge in [-0.05, 0) is 25.0 Å². The highest BCUT2D eigenvalue weighted by molar-refractivity contribution is 5.97. The molecule has 1 fully saturated rings. The van der Waals surface area contributed by atoms with Gasteiger partial charge in [-0.25, -0.2) is 4.39 Å². The number of nitrogens with one attached hydrogen (secondary N) is 1. The second-order valence-corrected chi connectivity index (χ2v) is 5.62. The van der Waals surface area contributed by atoms with Crippen LogP contribution in [0.15, 0.2) is 24.3 Å². The summed E-state index contributed by atoms with van der Waals surface area (Å²) in [6.07, 6.45) is 1.32. The maximum Gasteiger partial charge on any atom is 0.255 e. The first-order chi connectivity index (χ1) is 10.8. The highest BCUT2D eigenvalue weighted by atomic mass is 19.1. The number of likely N-dealkylation sites (tertiary alicyclic amines) is 1. The van der Waals surface area contributed by atoms with Crippen LogP contribution in [0.25, 0.3) is 0 Å². The van der Waals surface area contributed by atoms with Crippen LogP contribution in [0.5, 0.6) is 5.75 Å². The number of halogens is 1. The Hall–Kier alpha value is -1.66. The van der Waals surface area contributed by atoms with E-state index in [0.29, 0.717) is 24.4 Å². The zero-order valence-electron chi connectivity index (χ0n) is 12.5. The second-order valence-electron chi connectivity index (χ2n) is 5.62. The van der Waals surface area contributed by atoms with Crippen molar-refractivity contribution >= 4 is 5.91 Å². The van der Waals surface area contributed by atoms with E-state index in [4.69, 9.17) is 9.47 Å². The van der Waals surface area contributed by atoms with Crippen molar-refractivity contribution in [3.05, 3.63) is 29.8 Å². The summed E-state index contributed by atoms with van der Waals surface area (Å²) in [5.74, 6) is 0.414. The Morgan fingerprint density at radius 3 is 2.86 bits per heavy atom. The molecule has 1 aromatic rings. The van der Waals surface area contributed by atoms with E-state index in [2.05, 4.69) is 10.2 Å². The molecule has 3 rings (SSSR count). The number of carbonyl (C=O) groups excluding carboxylic acids is 1. The van der Waals surface area contributed by atoms with Gasteiger partial charge < -0.3 is 19.7 Å². The molecular formula is C16H21FN2O3. The van der Waals surface area contributed by atoms with Crippen molar-refractivity contribution in [3.63, 3.8) is 0 Å². The van der Waals surface area contributed by atoms with Crippen LogP contribution in [0.1, 0.15) is 23.2 Å². The van der Waals surface area contributed by atoms with Crippen LogP contribution in [0.4, 0.5) is 4.39 Å². The van der Waals surface area contributed by atoms with Crippen LogP contribution in [-0.4, -0.2) is 56.1 Å². The Morgan fingerprint density at radius 1 is 1.32 bits per heavy atom. The van der Waals surface area contributed by atoms with Crippen molar-refractivity contribution in [2.75, 3.05) is 32.9 Å². The highest BCUT2D eigenvalue weighted by Crippen LogP contribution is 2.23. The van der Waals surface area contributed by atoms with E-state index >= 15 is 0 Å². The molecule has 0 saturated carbocycles. The summed E-state index contributed by atoms with van der Waals surface area (Å²) < 4.78 is 24.1. The summed E-state index contributed by atoms with van der Waals surface area (Å²) in [5, 5.41) is 2.82. The largest absolute Gasteiger partial charge is 0.462 e. The molecule has 6 heteroatoms. The maximum absolute atomic E-state index is 12.3. The van der Waals surface area contributed by atoms with Gasteiger partial charge in [0.25, 0.3) is 5.91 Å². The third-order valence-corrected chi connectivity index (χ3v) is 4.10. The summed E-state index contributed by atoms with van der Waals surface area (Å²) in [4.78, 5) is 14.1. The fraction of sp³-hybridized carbons (Fsp3) is 0.562. The van der Waals surface area contributed by atoms with Crippen LogP contribution >= 0.6 is 0 Å². The molecule has 2 aliphatic rings. The standard InChI is InChI=1S/C16H21FN2O3/c17-7-10-19-8-5-12(6-9-19)21-15-11-18-16(20)13-3-1-2-4-14(13)22-15/h1-4,12,15H,5-11H2,(H,18,20). The molecular weight excluding hydrogens is 287 g/mol. The molecule has 5 nitrogen and oxygen atoms in total. The van der Waals surface area contributed by atoms with Crippen molar-refractivity contribution < 1.29 is 18.7 Å². The molecule has 1 unspecified atom stereocenters. The molecule has 1 N–H and O–H groups in total. The minimum atomic E-state index is -0.481. The van der Waals surface area contributed by atoms with Gasteiger partial charge in [0.05, 0.1) is 18.2 Å². The Labute approximate surface area is 129 Å².